The second kappa shape index (κ2) is 7.02. The van der Waals surface area contributed by atoms with E-state index >= 15 is 0 Å². The number of nitrogens with zero attached hydrogens (tertiary/aromatic N) is 1. The molecule has 1 aliphatic rings. The highest BCUT2D eigenvalue weighted by molar-refractivity contribution is 7.89. The van der Waals surface area contributed by atoms with E-state index in [1.165, 1.54) is 16.4 Å². The number of aliphatic hydroxyl groups excluding tert-OH is 2. The third-order valence-electron chi connectivity index (χ3n) is 3.14. The molecule has 7 heteroatoms. The van der Waals surface area contributed by atoms with Gasteiger partial charge in [-0.1, -0.05) is 17.9 Å². The van der Waals surface area contributed by atoms with E-state index in [9.17, 15) is 13.5 Å². The zero-order valence-electron chi connectivity index (χ0n) is 11.4. The van der Waals surface area contributed by atoms with Gasteiger partial charge in [0.25, 0.3) is 0 Å². The molecule has 1 aliphatic heterocycles. The van der Waals surface area contributed by atoms with Crippen molar-refractivity contribution in [3.63, 3.8) is 0 Å². The monoisotopic (exact) mass is 311 g/mol. The van der Waals surface area contributed by atoms with E-state index in [2.05, 4.69) is 11.8 Å². The first-order valence-corrected chi connectivity index (χ1v) is 7.94. The first-order valence-electron chi connectivity index (χ1n) is 6.50. The van der Waals surface area contributed by atoms with Crippen molar-refractivity contribution in [2.24, 2.45) is 0 Å². The van der Waals surface area contributed by atoms with E-state index in [4.69, 9.17) is 9.84 Å². The van der Waals surface area contributed by atoms with Crippen molar-refractivity contribution in [2.75, 3.05) is 33.0 Å². The average molecular weight is 311 g/mol. The summed E-state index contributed by atoms with van der Waals surface area (Å²) in [7, 11) is -3.71. The maximum atomic E-state index is 12.6. The van der Waals surface area contributed by atoms with Crippen molar-refractivity contribution in [1.29, 1.82) is 0 Å². The molecule has 0 aliphatic carbocycles. The Balaban J connectivity index is 2.34. The molecule has 0 spiro atoms. The number of rotatable bonds is 3. The molecule has 1 atom stereocenters. The third kappa shape index (κ3) is 3.61. The minimum atomic E-state index is -3.71. The fraction of sp³-hybridized carbons (Fsp3) is 0.429. The first-order chi connectivity index (χ1) is 10.1. The van der Waals surface area contributed by atoms with Gasteiger partial charge in [0, 0.05) is 12.1 Å². The van der Waals surface area contributed by atoms with Crippen molar-refractivity contribution < 1.29 is 23.4 Å². The molecular weight excluding hydrogens is 294 g/mol. The molecule has 1 saturated heterocycles. The summed E-state index contributed by atoms with van der Waals surface area (Å²) in [4.78, 5) is 0.118. The van der Waals surface area contributed by atoms with Gasteiger partial charge in [-0.2, -0.15) is 4.31 Å². The predicted octanol–water partition coefficient (Wildman–Crippen LogP) is -0.588. The smallest absolute Gasteiger partial charge is 0.243 e. The zero-order valence-corrected chi connectivity index (χ0v) is 12.2. The minimum absolute atomic E-state index is 0.118. The second-order valence-electron chi connectivity index (χ2n) is 4.51. The van der Waals surface area contributed by atoms with Crippen LogP contribution in [0.2, 0.25) is 0 Å². The van der Waals surface area contributed by atoms with Crippen LogP contribution in [0.25, 0.3) is 0 Å². The van der Waals surface area contributed by atoms with E-state index in [0.29, 0.717) is 12.2 Å². The molecule has 1 unspecified atom stereocenters. The molecule has 0 amide bonds. The lowest BCUT2D eigenvalue weighted by Crippen LogP contribution is -2.50. The van der Waals surface area contributed by atoms with Gasteiger partial charge < -0.3 is 14.9 Å². The highest BCUT2D eigenvalue weighted by atomic mass is 32.2. The van der Waals surface area contributed by atoms with Gasteiger partial charge >= 0.3 is 0 Å². The molecule has 2 rings (SSSR count). The van der Waals surface area contributed by atoms with E-state index in [1.54, 1.807) is 12.1 Å². The number of ether oxygens (including phenoxy) is 1. The molecule has 1 aromatic carbocycles. The van der Waals surface area contributed by atoms with Crippen molar-refractivity contribution in [3.8, 4) is 11.8 Å². The van der Waals surface area contributed by atoms with Crippen LogP contribution >= 0.6 is 0 Å². The number of sulfonamides is 1. The summed E-state index contributed by atoms with van der Waals surface area (Å²) in [6, 6.07) is 5.65. The van der Waals surface area contributed by atoms with Crippen LogP contribution in [0.15, 0.2) is 29.2 Å². The standard InChI is InChI=1S/C14H17NO5S/c16-7-2-4-12-3-1-5-14(9-12)21(18,19)15-6-8-20-11-13(15)10-17/h1,3,5,9,13,16-17H,6-8,10-11H2. The Morgan fingerprint density at radius 1 is 1.38 bits per heavy atom. The number of hydrogen-bond donors (Lipinski definition) is 2. The first kappa shape index (κ1) is 15.9. The van der Waals surface area contributed by atoms with Gasteiger partial charge in [-0.05, 0) is 18.2 Å². The van der Waals surface area contributed by atoms with E-state index < -0.39 is 16.1 Å². The van der Waals surface area contributed by atoms with Crippen molar-refractivity contribution in [2.45, 2.75) is 10.9 Å². The van der Waals surface area contributed by atoms with Crippen molar-refractivity contribution >= 4 is 10.0 Å². The highest BCUT2D eigenvalue weighted by Crippen LogP contribution is 2.21. The second-order valence-corrected chi connectivity index (χ2v) is 6.41. The van der Waals surface area contributed by atoms with Crippen LogP contribution < -0.4 is 0 Å². The summed E-state index contributed by atoms with van der Waals surface area (Å²) < 4.78 is 31.7. The quantitative estimate of drug-likeness (QED) is 0.729. The fourth-order valence-electron chi connectivity index (χ4n) is 2.11. The SMILES string of the molecule is O=S(=O)(c1cccc(C#CCO)c1)N1CCOCC1CO. The minimum Gasteiger partial charge on any atom is -0.395 e. The van der Waals surface area contributed by atoms with Crippen LogP contribution in [0.5, 0.6) is 0 Å². The van der Waals surface area contributed by atoms with Gasteiger partial charge in [0.05, 0.1) is 30.8 Å². The molecule has 0 aromatic heterocycles. The number of benzene rings is 1. The van der Waals surface area contributed by atoms with Crippen molar-refractivity contribution in [3.05, 3.63) is 29.8 Å². The summed E-state index contributed by atoms with van der Waals surface area (Å²) in [5, 5.41) is 18.0. The summed E-state index contributed by atoms with van der Waals surface area (Å²) >= 11 is 0. The van der Waals surface area contributed by atoms with Crippen LogP contribution in [0, 0.1) is 11.8 Å². The fourth-order valence-corrected chi connectivity index (χ4v) is 3.74. The molecule has 1 heterocycles. The lowest BCUT2D eigenvalue weighted by Gasteiger charge is -2.33. The summed E-state index contributed by atoms with van der Waals surface area (Å²) in [6.07, 6.45) is 0. The number of aliphatic hydroxyl groups is 2. The third-order valence-corrected chi connectivity index (χ3v) is 5.08. The summed E-state index contributed by atoms with van der Waals surface area (Å²) in [5.74, 6) is 5.16. The van der Waals surface area contributed by atoms with Gasteiger partial charge in [0.15, 0.2) is 0 Å². The van der Waals surface area contributed by atoms with Gasteiger partial charge in [0.2, 0.25) is 10.0 Å². The highest BCUT2D eigenvalue weighted by Gasteiger charge is 2.33. The Hall–Kier alpha value is -1.43. The molecule has 0 saturated carbocycles. The van der Waals surface area contributed by atoms with Crippen LogP contribution in [0.3, 0.4) is 0 Å². The maximum Gasteiger partial charge on any atom is 0.243 e. The molecule has 0 radical (unpaired) electrons. The Kier molecular flexibility index (Phi) is 5.33. The van der Waals surface area contributed by atoms with Gasteiger partial charge in [-0.15, -0.1) is 0 Å². The van der Waals surface area contributed by atoms with Gasteiger partial charge in [-0.25, -0.2) is 8.42 Å². The average Bonchev–Trinajstić information content (AvgIpc) is 2.53. The molecule has 2 N–H and O–H groups in total. The molecule has 21 heavy (non-hydrogen) atoms. The zero-order chi connectivity index (χ0) is 15.3. The van der Waals surface area contributed by atoms with E-state index in [1.807, 2.05) is 0 Å². The Morgan fingerprint density at radius 2 is 2.19 bits per heavy atom. The van der Waals surface area contributed by atoms with Crippen LogP contribution in [0.1, 0.15) is 5.56 Å². The molecule has 1 aromatic rings. The van der Waals surface area contributed by atoms with Gasteiger partial charge in [-0.3, -0.25) is 0 Å². The Bertz CT molecular complexity index is 647. The number of morpholine rings is 1. The van der Waals surface area contributed by atoms with Crippen LogP contribution in [-0.2, 0) is 14.8 Å². The predicted molar refractivity (Wildman–Crippen MR) is 76.0 cm³/mol. The van der Waals surface area contributed by atoms with E-state index in [-0.39, 0.29) is 31.3 Å². The molecule has 1 fully saturated rings. The maximum absolute atomic E-state index is 12.6. The molecule has 0 bridgehead atoms. The molecule has 114 valence electrons. The summed E-state index contributed by atoms with van der Waals surface area (Å²) in [5.41, 5.74) is 0.513. The number of hydrogen-bond acceptors (Lipinski definition) is 5. The Labute approximate surface area is 124 Å². The lowest BCUT2D eigenvalue weighted by molar-refractivity contribution is 0.0109. The lowest BCUT2D eigenvalue weighted by atomic mass is 10.2. The topological polar surface area (TPSA) is 87.1 Å². The largest absolute Gasteiger partial charge is 0.395 e. The van der Waals surface area contributed by atoms with Crippen LogP contribution in [-0.4, -0.2) is 62.0 Å². The summed E-state index contributed by atoms with van der Waals surface area (Å²) in [6.45, 7) is 0.121. The molecular formula is C14H17NO5S. The van der Waals surface area contributed by atoms with Crippen molar-refractivity contribution in [1.82, 2.24) is 4.31 Å². The normalized spacial score (nSPS) is 19.8. The van der Waals surface area contributed by atoms with Crippen LogP contribution in [0.4, 0.5) is 0 Å². The van der Waals surface area contributed by atoms with Gasteiger partial charge in [0.1, 0.15) is 6.61 Å². The molecule has 6 nitrogen and oxygen atoms in total. The Morgan fingerprint density at radius 3 is 2.90 bits per heavy atom. The van der Waals surface area contributed by atoms with E-state index in [0.717, 1.165) is 0 Å².